The van der Waals surface area contributed by atoms with Crippen LogP contribution in [0.25, 0.3) is 0 Å². The first-order valence-electron chi connectivity index (χ1n) is 8.15. The fourth-order valence-electron chi connectivity index (χ4n) is 2.35. The number of hydrogen-bond donors (Lipinski definition) is 3. The van der Waals surface area contributed by atoms with Crippen LogP contribution in [-0.2, 0) is 6.18 Å². The number of aliphatic hydroxyl groups is 1. The minimum atomic E-state index is -4.37. The van der Waals surface area contributed by atoms with Gasteiger partial charge < -0.3 is 20.9 Å². The largest absolute Gasteiger partial charge is 0.491 e. The van der Waals surface area contributed by atoms with Crippen LogP contribution in [0.5, 0.6) is 5.75 Å². The molecule has 2 aromatic rings. The number of alkyl halides is 3. The Kier molecular flexibility index (Phi) is 6.98. The molecule has 4 nitrogen and oxygen atoms in total. The van der Waals surface area contributed by atoms with E-state index in [9.17, 15) is 27.1 Å². The van der Waals surface area contributed by atoms with Gasteiger partial charge in [0, 0.05) is 12.2 Å². The molecule has 0 bridgehead atoms. The third-order valence-corrected chi connectivity index (χ3v) is 3.76. The number of unbranched alkanes of at least 4 members (excludes halogenated alkanes) is 1. The van der Waals surface area contributed by atoms with Crippen LogP contribution in [0, 0.1) is 11.6 Å². The molecule has 4 N–H and O–H groups in total. The predicted octanol–water partition coefficient (Wildman–Crippen LogP) is 4.20. The van der Waals surface area contributed by atoms with Crippen LogP contribution in [0.2, 0.25) is 0 Å². The zero-order valence-electron chi connectivity index (χ0n) is 14.2. The number of rotatable bonds is 8. The Morgan fingerprint density at radius 3 is 2.30 bits per heavy atom. The lowest BCUT2D eigenvalue weighted by atomic mass is 10.1. The molecule has 0 fully saturated rings. The highest BCUT2D eigenvalue weighted by Crippen LogP contribution is 2.30. The molecule has 0 radical (unpaired) electrons. The summed E-state index contributed by atoms with van der Waals surface area (Å²) in [5.41, 5.74) is 4.29. The van der Waals surface area contributed by atoms with E-state index in [-0.39, 0.29) is 12.4 Å². The molecule has 2 aromatic carbocycles. The molecule has 1 atom stereocenters. The zero-order chi connectivity index (χ0) is 20.0. The van der Waals surface area contributed by atoms with Crippen molar-refractivity contribution in [3.8, 4) is 5.75 Å². The summed E-state index contributed by atoms with van der Waals surface area (Å²) in [6, 6.07) is 6.73. The summed E-state index contributed by atoms with van der Waals surface area (Å²) in [4.78, 5) is 0. The summed E-state index contributed by atoms with van der Waals surface area (Å²) in [5, 5.41) is 12.2. The second kappa shape index (κ2) is 9.01. The number of aliphatic hydroxyl groups excluding tert-OH is 1. The quantitative estimate of drug-likeness (QED) is 0.359. The highest BCUT2D eigenvalue weighted by Gasteiger charge is 2.29. The van der Waals surface area contributed by atoms with E-state index in [1.54, 1.807) is 0 Å². The van der Waals surface area contributed by atoms with Crippen LogP contribution in [0.1, 0.15) is 30.2 Å². The minimum Gasteiger partial charge on any atom is -0.491 e. The van der Waals surface area contributed by atoms with Crippen molar-refractivity contribution in [2.24, 2.45) is 5.73 Å². The molecular formula is C18H19F5N2O2. The van der Waals surface area contributed by atoms with E-state index in [1.807, 2.05) is 0 Å². The molecule has 1 unspecified atom stereocenters. The molecule has 0 saturated heterocycles. The molecule has 0 aliphatic rings. The Morgan fingerprint density at radius 2 is 1.70 bits per heavy atom. The molecule has 0 saturated carbocycles. The molecule has 0 spiro atoms. The van der Waals surface area contributed by atoms with E-state index in [0.29, 0.717) is 25.1 Å². The Labute approximate surface area is 152 Å². The molecule has 0 aliphatic heterocycles. The minimum absolute atomic E-state index is 0.136. The SMILES string of the molecule is NC(O)c1c(F)ccc(OCCCCNc2ccc(C(F)(F)F)cc2)c1F. The molecule has 0 amide bonds. The predicted molar refractivity (Wildman–Crippen MR) is 90.2 cm³/mol. The second-order valence-electron chi connectivity index (χ2n) is 5.78. The van der Waals surface area contributed by atoms with Crippen LogP contribution < -0.4 is 15.8 Å². The van der Waals surface area contributed by atoms with Gasteiger partial charge in [-0.1, -0.05) is 0 Å². The van der Waals surface area contributed by atoms with Crippen LogP contribution in [0.4, 0.5) is 27.6 Å². The van der Waals surface area contributed by atoms with Gasteiger partial charge in [0.1, 0.15) is 12.0 Å². The van der Waals surface area contributed by atoms with E-state index in [1.165, 1.54) is 12.1 Å². The Morgan fingerprint density at radius 1 is 1.04 bits per heavy atom. The number of ether oxygens (including phenoxy) is 1. The van der Waals surface area contributed by atoms with Gasteiger partial charge in [0.2, 0.25) is 0 Å². The van der Waals surface area contributed by atoms with Gasteiger partial charge in [0.05, 0.1) is 17.7 Å². The van der Waals surface area contributed by atoms with Gasteiger partial charge in [-0.15, -0.1) is 0 Å². The van der Waals surface area contributed by atoms with Crippen molar-refractivity contribution in [2.75, 3.05) is 18.5 Å². The van der Waals surface area contributed by atoms with Crippen LogP contribution in [0.3, 0.4) is 0 Å². The number of nitrogens with two attached hydrogens (primary N) is 1. The Balaban J connectivity index is 1.74. The number of anilines is 1. The summed E-state index contributed by atoms with van der Waals surface area (Å²) in [6.45, 7) is 0.616. The smallest absolute Gasteiger partial charge is 0.416 e. The van der Waals surface area contributed by atoms with Gasteiger partial charge in [-0.05, 0) is 49.2 Å². The first kappa shape index (κ1) is 20.9. The highest BCUT2D eigenvalue weighted by molar-refractivity contribution is 5.45. The van der Waals surface area contributed by atoms with Gasteiger partial charge in [0.15, 0.2) is 11.6 Å². The maximum atomic E-state index is 14.0. The van der Waals surface area contributed by atoms with E-state index in [4.69, 9.17) is 10.5 Å². The fourth-order valence-corrected chi connectivity index (χ4v) is 2.35. The summed E-state index contributed by atoms with van der Waals surface area (Å²) >= 11 is 0. The van der Waals surface area contributed by atoms with Crippen molar-refractivity contribution in [3.05, 3.63) is 59.2 Å². The van der Waals surface area contributed by atoms with E-state index in [2.05, 4.69) is 5.32 Å². The maximum Gasteiger partial charge on any atom is 0.416 e. The number of nitrogens with one attached hydrogen (secondary N) is 1. The number of benzene rings is 2. The highest BCUT2D eigenvalue weighted by atomic mass is 19.4. The first-order valence-corrected chi connectivity index (χ1v) is 8.15. The standard InChI is InChI=1S/C18H19F5N2O2/c19-13-7-8-14(16(20)15(13)17(24)26)27-10-2-1-9-25-12-5-3-11(4-6-12)18(21,22)23/h3-8,17,25-26H,1-2,9-10,24H2. The van der Waals surface area contributed by atoms with Crippen molar-refractivity contribution in [1.29, 1.82) is 0 Å². The molecule has 9 heteroatoms. The summed E-state index contributed by atoms with van der Waals surface area (Å²) in [7, 11) is 0. The van der Waals surface area contributed by atoms with Crippen LogP contribution >= 0.6 is 0 Å². The van der Waals surface area contributed by atoms with Gasteiger partial charge >= 0.3 is 6.18 Å². The maximum absolute atomic E-state index is 14.0. The second-order valence-corrected chi connectivity index (χ2v) is 5.78. The number of halogens is 5. The molecule has 0 aromatic heterocycles. The normalized spacial score (nSPS) is 12.7. The summed E-state index contributed by atoms with van der Waals surface area (Å²) in [5.74, 6) is -2.23. The molecular weight excluding hydrogens is 371 g/mol. The third-order valence-electron chi connectivity index (χ3n) is 3.76. The lowest BCUT2D eigenvalue weighted by molar-refractivity contribution is -0.137. The lowest BCUT2D eigenvalue weighted by Gasteiger charge is -2.13. The van der Waals surface area contributed by atoms with Gasteiger partial charge in [-0.25, -0.2) is 8.78 Å². The zero-order valence-corrected chi connectivity index (χ0v) is 14.2. The molecule has 0 aliphatic carbocycles. The molecule has 27 heavy (non-hydrogen) atoms. The molecule has 0 heterocycles. The van der Waals surface area contributed by atoms with Crippen molar-refractivity contribution in [3.63, 3.8) is 0 Å². The van der Waals surface area contributed by atoms with Crippen LogP contribution in [0.15, 0.2) is 36.4 Å². The van der Waals surface area contributed by atoms with Crippen molar-refractivity contribution >= 4 is 5.69 Å². The van der Waals surface area contributed by atoms with Crippen molar-refractivity contribution < 1.29 is 31.8 Å². The average Bonchev–Trinajstić information content (AvgIpc) is 2.59. The topological polar surface area (TPSA) is 67.5 Å². The lowest BCUT2D eigenvalue weighted by Crippen LogP contribution is -2.14. The van der Waals surface area contributed by atoms with Crippen LogP contribution in [-0.4, -0.2) is 18.3 Å². The third kappa shape index (κ3) is 5.80. The molecule has 148 valence electrons. The fraction of sp³-hybridized carbons (Fsp3) is 0.333. The van der Waals surface area contributed by atoms with E-state index >= 15 is 0 Å². The van der Waals surface area contributed by atoms with E-state index in [0.717, 1.165) is 24.3 Å². The Bertz CT molecular complexity index is 749. The Hall–Kier alpha value is -2.39. The van der Waals surface area contributed by atoms with Crippen molar-refractivity contribution in [1.82, 2.24) is 0 Å². The van der Waals surface area contributed by atoms with Gasteiger partial charge in [-0.2, -0.15) is 13.2 Å². The summed E-state index contributed by atoms with van der Waals surface area (Å²) in [6.07, 6.45) is -5.03. The summed E-state index contributed by atoms with van der Waals surface area (Å²) < 4.78 is 70.0. The average molecular weight is 390 g/mol. The van der Waals surface area contributed by atoms with Crippen molar-refractivity contribution in [2.45, 2.75) is 25.2 Å². The molecule has 2 rings (SSSR count). The van der Waals surface area contributed by atoms with Gasteiger partial charge in [0.25, 0.3) is 0 Å². The van der Waals surface area contributed by atoms with Gasteiger partial charge in [-0.3, -0.25) is 0 Å². The monoisotopic (exact) mass is 390 g/mol. The number of hydrogen-bond acceptors (Lipinski definition) is 4. The first-order chi connectivity index (χ1) is 12.7. The van der Waals surface area contributed by atoms with E-state index < -0.39 is 35.2 Å².